The summed E-state index contributed by atoms with van der Waals surface area (Å²) < 4.78 is 4.90. The van der Waals surface area contributed by atoms with Crippen molar-refractivity contribution in [2.24, 2.45) is 0 Å². The second kappa shape index (κ2) is 5.54. The molecular weight excluding hydrogens is 262 g/mol. The molecule has 0 fully saturated rings. The van der Waals surface area contributed by atoms with E-state index in [4.69, 9.17) is 10.5 Å². The minimum absolute atomic E-state index is 0.172. The lowest BCUT2D eigenvalue weighted by Gasteiger charge is -2.03. The van der Waals surface area contributed by atoms with E-state index in [2.05, 4.69) is 10.3 Å². The lowest BCUT2D eigenvalue weighted by molar-refractivity contribution is 0.0942. The molecule has 2 aromatic rings. The quantitative estimate of drug-likeness (QED) is 0.838. The maximum atomic E-state index is 12.0. The summed E-state index contributed by atoms with van der Waals surface area (Å²) in [7, 11) is 1.59. The molecule has 0 aromatic carbocycles. The van der Waals surface area contributed by atoms with Crippen molar-refractivity contribution in [2.45, 2.75) is 13.8 Å². The van der Waals surface area contributed by atoms with Crippen molar-refractivity contribution in [1.29, 1.82) is 0 Å². The fourth-order valence-electron chi connectivity index (χ4n) is 1.98. The fourth-order valence-corrected chi connectivity index (χ4v) is 3.12. The molecule has 0 atom stereocenters. The SMILES string of the molecule is COCCNC(=O)c1sc2nc(C)cc(C)c2c1N. The molecule has 0 spiro atoms. The van der Waals surface area contributed by atoms with Gasteiger partial charge in [0.15, 0.2) is 0 Å². The second-order valence-corrected chi connectivity index (χ2v) is 5.35. The highest BCUT2D eigenvalue weighted by atomic mass is 32.1. The van der Waals surface area contributed by atoms with E-state index in [0.717, 1.165) is 21.5 Å². The number of nitrogens with one attached hydrogen (secondary N) is 1. The molecule has 0 unspecified atom stereocenters. The van der Waals surface area contributed by atoms with Gasteiger partial charge in [-0.05, 0) is 25.5 Å². The average Bonchev–Trinajstić information content (AvgIpc) is 2.66. The second-order valence-electron chi connectivity index (χ2n) is 4.35. The molecule has 0 saturated heterocycles. The van der Waals surface area contributed by atoms with E-state index >= 15 is 0 Å². The predicted octanol–water partition coefficient (Wildman–Crippen LogP) is 1.87. The molecule has 2 heterocycles. The van der Waals surface area contributed by atoms with Crippen LogP contribution in [0.5, 0.6) is 0 Å². The summed E-state index contributed by atoms with van der Waals surface area (Å²) in [5.41, 5.74) is 8.56. The van der Waals surface area contributed by atoms with Gasteiger partial charge in [0.2, 0.25) is 0 Å². The van der Waals surface area contributed by atoms with Crippen LogP contribution < -0.4 is 11.1 Å². The summed E-state index contributed by atoms with van der Waals surface area (Å²) in [6.07, 6.45) is 0. The number of hydrogen-bond donors (Lipinski definition) is 2. The molecule has 0 aliphatic rings. The molecule has 5 nitrogen and oxygen atoms in total. The number of aryl methyl sites for hydroxylation is 2. The summed E-state index contributed by atoms with van der Waals surface area (Å²) >= 11 is 1.33. The number of methoxy groups -OCH3 is 1. The van der Waals surface area contributed by atoms with E-state index in [0.29, 0.717) is 23.7 Å². The van der Waals surface area contributed by atoms with E-state index in [1.807, 2.05) is 19.9 Å². The Hall–Kier alpha value is -1.66. The molecule has 0 bridgehead atoms. The standard InChI is InChI=1S/C13H17N3O2S/c1-7-6-8(2)16-13-9(7)10(14)11(19-13)12(17)15-4-5-18-3/h6H,4-5,14H2,1-3H3,(H,15,17). The maximum absolute atomic E-state index is 12.0. The summed E-state index contributed by atoms with van der Waals surface area (Å²) in [5, 5.41) is 3.66. The van der Waals surface area contributed by atoms with Crippen molar-refractivity contribution in [3.63, 3.8) is 0 Å². The summed E-state index contributed by atoms with van der Waals surface area (Å²) in [4.78, 5) is 17.8. The van der Waals surface area contributed by atoms with Gasteiger partial charge < -0.3 is 15.8 Å². The van der Waals surface area contributed by atoms with Crippen molar-refractivity contribution in [3.05, 3.63) is 22.2 Å². The smallest absolute Gasteiger partial charge is 0.263 e. The van der Waals surface area contributed by atoms with Gasteiger partial charge in [-0.2, -0.15) is 0 Å². The number of nitrogens with zero attached hydrogens (tertiary/aromatic N) is 1. The summed E-state index contributed by atoms with van der Waals surface area (Å²) in [5.74, 6) is -0.172. The third-order valence-corrected chi connectivity index (χ3v) is 3.92. The van der Waals surface area contributed by atoms with Gasteiger partial charge in [-0.15, -0.1) is 11.3 Å². The van der Waals surface area contributed by atoms with Crippen LogP contribution in [0, 0.1) is 13.8 Å². The number of carbonyl (C=O) groups is 1. The maximum Gasteiger partial charge on any atom is 0.263 e. The Bertz CT molecular complexity index is 622. The number of fused-ring (bicyclic) bond motifs is 1. The van der Waals surface area contributed by atoms with Gasteiger partial charge in [-0.1, -0.05) is 0 Å². The van der Waals surface area contributed by atoms with Gasteiger partial charge in [0.1, 0.15) is 9.71 Å². The van der Waals surface area contributed by atoms with Crippen LogP contribution in [0.1, 0.15) is 20.9 Å². The van der Waals surface area contributed by atoms with E-state index in [1.165, 1.54) is 11.3 Å². The highest BCUT2D eigenvalue weighted by Gasteiger charge is 2.18. The van der Waals surface area contributed by atoms with Crippen molar-refractivity contribution >= 4 is 33.1 Å². The largest absolute Gasteiger partial charge is 0.397 e. The Morgan fingerprint density at radius 2 is 2.26 bits per heavy atom. The van der Waals surface area contributed by atoms with Gasteiger partial charge >= 0.3 is 0 Å². The van der Waals surface area contributed by atoms with Crippen molar-refractivity contribution in [1.82, 2.24) is 10.3 Å². The van der Waals surface area contributed by atoms with Crippen LogP contribution in [0.2, 0.25) is 0 Å². The Balaban J connectivity index is 2.37. The molecule has 0 aliphatic heterocycles. The number of anilines is 1. The number of nitrogens with two attached hydrogens (primary N) is 1. The molecule has 0 saturated carbocycles. The first kappa shape index (κ1) is 13.8. The topological polar surface area (TPSA) is 77.2 Å². The summed E-state index contributed by atoms with van der Waals surface area (Å²) in [6, 6.07) is 1.97. The predicted molar refractivity (Wildman–Crippen MR) is 77.7 cm³/mol. The Kier molecular flexibility index (Phi) is 4.01. The van der Waals surface area contributed by atoms with Crippen molar-refractivity contribution < 1.29 is 9.53 Å². The number of thiophene rings is 1. The zero-order chi connectivity index (χ0) is 14.0. The van der Waals surface area contributed by atoms with Crippen LogP contribution in [0.25, 0.3) is 10.2 Å². The molecule has 3 N–H and O–H groups in total. The van der Waals surface area contributed by atoms with Crippen LogP contribution in [-0.4, -0.2) is 31.2 Å². The number of hydrogen-bond acceptors (Lipinski definition) is 5. The number of pyridine rings is 1. The normalized spacial score (nSPS) is 10.9. The third kappa shape index (κ3) is 2.69. The number of carbonyl (C=O) groups excluding carboxylic acids is 1. The molecule has 0 radical (unpaired) electrons. The fraction of sp³-hybridized carbons (Fsp3) is 0.385. The van der Waals surface area contributed by atoms with Gasteiger partial charge in [-0.25, -0.2) is 4.98 Å². The van der Waals surface area contributed by atoms with Crippen molar-refractivity contribution in [3.8, 4) is 0 Å². The number of nitrogen functional groups attached to an aromatic ring is 1. The molecule has 1 amide bonds. The highest BCUT2D eigenvalue weighted by Crippen LogP contribution is 2.34. The van der Waals surface area contributed by atoms with Crippen LogP contribution in [0.4, 0.5) is 5.69 Å². The first-order valence-electron chi connectivity index (χ1n) is 5.98. The third-order valence-electron chi connectivity index (χ3n) is 2.82. The minimum atomic E-state index is -0.172. The molecule has 6 heteroatoms. The Morgan fingerprint density at radius 3 is 2.95 bits per heavy atom. The van der Waals surface area contributed by atoms with Crippen LogP contribution in [0.15, 0.2) is 6.07 Å². The molecule has 2 rings (SSSR count). The lowest BCUT2D eigenvalue weighted by Crippen LogP contribution is -2.26. The van der Waals surface area contributed by atoms with Crippen LogP contribution >= 0.6 is 11.3 Å². The highest BCUT2D eigenvalue weighted by molar-refractivity contribution is 7.21. The number of aromatic nitrogens is 1. The summed E-state index contributed by atoms with van der Waals surface area (Å²) in [6.45, 7) is 4.86. The number of amides is 1. The van der Waals surface area contributed by atoms with Crippen molar-refractivity contribution in [2.75, 3.05) is 26.0 Å². The Morgan fingerprint density at radius 1 is 1.53 bits per heavy atom. The first-order valence-corrected chi connectivity index (χ1v) is 6.79. The number of ether oxygens (including phenoxy) is 1. The van der Waals surface area contributed by atoms with Crippen LogP contribution in [-0.2, 0) is 4.74 Å². The zero-order valence-electron chi connectivity index (χ0n) is 11.2. The van der Waals surface area contributed by atoms with E-state index in [9.17, 15) is 4.79 Å². The number of rotatable bonds is 4. The van der Waals surface area contributed by atoms with E-state index < -0.39 is 0 Å². The molecule has 0 aliphatic carbocycles. The van der Waals surface area contributed by atoms with Gasteiger partial charge in [0.05, 0.1) is 12.3 Å². The van der Waals surface area contributed by atoms with E-state index in [1.54, 1.807) is 7.11 Å². The van der Waals surface area contributed by atoms with Gasteiger partial charge in [0.25, 0.3) is 5.91 Å². The Labute approximate surface area is 115 Å². The van der Waals surface area contributed by atoms with Gasteiger partial charge in [-0.3, -0.25) is 4.79 Å². The monoisotopic (exact) mass is 279 g/mol. The molecule has 2 aromatic heterocycles. The van der Waals surface area contributed by atoms with Crippen LogP contribution in [0.3, 0.4) is 0 Å². The van der Waals surface area contributed by atoms with E-state index in [-0.39, 0.29) is 5.91 Å². The molecular formula is C13H17N3O2S. The average molecular weight is 279 g/mol. The minimum Gasteiger partial charge on any atom is -0.397 e. The van der Waals surface area contributed by atoms with Gasteiger partial charge in [0, 0.05) is 24.7 Å². The lowest BCUT2D eigenvalue weighted by atomic mass is 10.1. The first-order chi connectivity index (χ1) is 9.04. The molecule has 19 heavy (non-hydrogen) atoms. The molecule has 102 valence electrons. The zero-order valence-corrected chi connectivity index (χ0v) is 12.1.